The Balaban J connectivity index is 1.53. The van der Waals surface area contributed by atoms with Gasteiger partial charge in [-0.15, -0.1) is 0 Å². The molecular weight excluding hydrogens is 453 g/mol. The van der Waals surface area contributed by atoms with E-state index in [2.05, 4.69) is 126 Å². The summed E-state index contributed by atoms with van der Waals surface area (Å²) < 4.78 is 14.9. The summed E-state index contributed by atoms with van der Waals surface area (Å²) in [6.07, 6.45) is 1.68. The highest BCUT2D eigenvalue weighted by Crippen LogP contribution is 2.49. The lowest BCUT2D eigenvalue weighted by molar-refractivity contribution is 0.434. The molecule has 0 aromatic heterocycles. The summed E-state index contributed by atoms with van der Waals surface area (Å²) in [4.78, 5) is 2.51. The molecule has 6 rings (SSSR count). The lowest BCUT2D eigenvalue weighted by Gasteiger charge is -2.35. The third-order valence-electron chi connectivity index (χ3n) is 7.63. The van der Waals surface area contributed by atoms with Crippen LogP contribution in [0.15, 0.2) is 140 Å². The van der Waals surface area contributed by atoms with Crippen LogP contribution in [-0.4, -0.2) is 6.54 Å². The molecule has 0 spiro atoms. The topological polar surface area (TPSA) is 3.24 Å². The SMILES string of the molecule is Fc1ccc2c(c1)C(Cc1ccccc1)(Cc1ccccc1)CN2C(c1ccccc1)c1ccccc1. The summed E-state index contributed by atoms with van der Waals surface area (Å²) in [7, 11) is 0. The molecule has 1 heterocycles. The second-order valence-corrected chi connectivity index (χ2v) is 10.1. The van der Waals surface area contributed by atoms with Crippen molar-refractivity contribution in [3.63, 3.8) is 0 Å². The maximum Gasteiger partial charge on any atom is 0.123 e. The summed E-state index contributed by atoms with van der Waals surface area (Å²) in [6.45, 7) is 0.796. The molecule has 0 bridgehead atoms. The lowest BCUT2D eigenvalue weighted by atomic mass is 9.72. The monoisotopic (exact) mass is 483 g/mol. The van der Waals surface area contributed by atoms with E-state index >= 15 is 0 Å². The van der Waals surface area contributed by atoms with Crippen LogP contribution in [0, 0.1) is 5.82 Å². The Morgan fingerprint density at radius 2 is 1.05 bits per heavy atom. The van der Waals surface area contributed by atoms with Gasteiger partial charge in [-0.25, -0.2) is 4.39 Å². The van der Waals surface area contributed by atoms with Crippen molar-refractivity contribution in [3.05, 3.63) is 173 Å². The van der Waals surface area contributed by atoms with Gasteiger partial charge in [0.1, 0.15) is 5.82 Å². The van der Waals surface area contributed by atoms with Crippen LogP contribution in [0.25, 0.3) is 0 Å². The van der Waals surface area contributed by atoms with E-state index in [1.807, 2.05) is 6.07 Å². The summed E-state index contributed by atoms with van der Waals surface area (Å²) in [5.41, 5.74) is 6.95. The second kappa shape index (κ2) is 10.1. The zero-order valence-electron chi connectivity index (χ0n) is 20.8. The number of benzene rings is 5. The minimum absolute atomic E-state index is 0.0278. The molecule has 1 aliphatic heterocycles. The summed E-state index contributed by atoms with van der Waals surface area (Å²) in [5.74, 6) is -0.179. The lowest BCUT2D eigenvalue weighted by Crippen LogP contribution is -2.39. The average Bonchev–Trinajstić information content (AvgIpc) is 3.23. The third-order valence-corrected chi connectivity index (χ3v) is 7.63. The number of fused-ring (bicyclic) bond motifs is 1. The van der Waals surface area contributed by atoms with E-state index in [1.165, 1.54) is 22.3 Å². The molecule has 0 unspecified atom stereocenters. The number of nitrogens with zero attached hydrogens (tertiary/aromatic N) is 1. The van der Waals surface area contributed by atoms with Gasteiger partial charge in [-0.1, -0.05) is 121 Å². The molecule has 0 radical (unpaired) electrons. The number of anilines is 1. The molecular formula is C35H30FN. The molecule has 0 aliphatic carbocycles. The first-order valence-electron chi connectivity index (χ1n) is 13.0. The molecule has 0 amide bonds. The van der Waals surface area contributed by atoms with Gasteiger partial charge in [0, 0.05) is 17.6 Å². The third kappa shape index (κ3) is 4.68. The van der Waals surface area contributed by atoms with Crippen LogP contribution in [0.2, 0.25) is 0 Å². The quantitative estimate of drug-likeness (QED) is 0.226. The average molecular weight is 484 g/mol. The smallest absolute Gasteiger partial charge is 0.123 e. The molecule has 37 heavy (non-hydrogen) atoms. The Bertz CT molecular complexity index is 1370. The Hall–Kier alpha value is -4.17. The fourth-order valence-corrected chi connectivity index (χ4v) is 6.07. The minimum Gasteiger partial charge on any atom is -0.359 e. The zero-order chi connectivity index (χ0) is 25.1. The van der Waals surface area contributed by atoms with Crippen LogP contribution in [-0.2, 0) is 18.3 Å². The van der Waals surface area contributed by atoms with E-state index < -0.39 is 0 Å². The maximum atomic E-state index is 14.9. The van der Waals surface area contributed by atoms with E-state index in [-0.39, 0.29) is 17.3 Å². The molecule has 182 valence electrons. The molecule has 0 saturated heterocycles. The van der Waals surface area contributed by atoms with Crippen LogP contribution in [0.1, 0.15) is 33.9 Å². The molecule has 1 nitrogen and oxygen atoms in total. The number of halogens is 1. The van der Waals surface area contributed by atoms with Gasteiger partial charge < -0.3 is 4.90 Å². The largest absolute Gasteiger partial charge is 0.359 e. The van der Waals surface area contributed by atoms with Gasteiger partial charge in [-0.05, 0) is 58.9 Å². The second-order valence-electron chi connectivity index (χ2n) is 10.1. The van der Waals surface area contributed by atoms with Crippen LogP contribution < -0.4 is 4.90 Å². The van der Waals surface area contributed by atoms with Gasteiger partial charge >= 0.3 is 0 Å². The molecule has 5 aromatic carbocycles. The highest BCUT2D eigenvalue weighted by molar-refractivity contribution is 5.66. The van der Waals surface area contributed by atoms with E-state index in [4.69, 9.17) is 0 Å². The standard InChI is InChI=1S/C35H30FN/c36-31-21-22-33-32(23-31)35(24-27-13-5-1-6-14-27,25-28-15-7-2-8-16-28)26-37(33)34(29-17-9-3-10-18-29)30-19-11-4-12-20-30/h1-23,34H,24-26H2. The van der Waals surface area contributed by atoms with Crippen molar-refractivity contribution in [2.75, 3.05) is 11.4 Å². The minimum atomic E-state index is -0.276. The molecule has 2 heteroatoms. The number of rotatable bonds is 7. The Morgan fingerprint density at radius 1 is 0.595 bits per heavy atom. The molecule has 0 N–H and O–H groups in total. The number of hydrogen-bond donors (Lipinski definition) is 0. The highest BCUT2D eigenvalue weighted by Gasteiger charge is 2.45. The maximum absolute atomic E-state index is 14.9. The van der Waals surface area contributed by atoms with Crippen molar-refractivity contribution >= 4 is 5.69 Å². The zero-order valence-corrected chi connectivity index (χ0v) is 20.8. The van der Waals surface area contributed by atoms with Crippen molar-refractivity contribution in [3.8, 4) is 0 Å². The van der Waals surface area contributed by atoms with Crippen LogP contribution >= 0.6 is 0 Å². The molecule has 5 aromatic rings. The van der Waals surface area contributed by atoms with Gasteiger partial charge in [0.15, 0.2) is 0 Å². The highest BCUT2D eigenvalue weighted by atomic mass is 19.1. The van der Waals surface area contributed by atoms with E-state index in [0.29, 0.717) is 0 Å². The van der Waals surface area contributed by atoms with Crippen LogP contribution in [0.3, 0.4) is 0 Å². The normalized spacial score (nSPS) is 14.1. The molecule has 0 fully saturated rings. The first-order valence-corrected chi connectivity index (χ1v) is 13.0. The Labute approximate surface area is 218 Å². The van der Waals surface area contributed by atoms with Gasteiger partial charge in [-0.3, -0.25) is 0 Å². The van der Waals surface area contributed by atoms with Gasteiger partial charge in [0.25, 0.3) is 0 Å². The van der Waals surface area contributed by atoms with E-state index in [9.17, 15) is 4.39 Å². The van der Waals surface area contributed by atoms with E-state index in [1.54, 1.807) is 12.1 Å². The molecule has 0 saturated carbocycles. The first kappa shape index (κ1) is 23.2. The Kier molecular flexibility index (Phi) is 6.32. The molecule has 1 aliphatic rings. The number of hydrogen-bond acceptors (Lipinski definition) is 1. The fraction of sp³-hybridized carbons (Fsp3) is 0.143. The van der Waals surface area contributed by atoms with Crippen LogP contribution in [0.5, 0.6) is 0 Å². The van der Waals surface area contributed by atoms with Crippen LogP contribution in [0.4, 0.5) is 10.1 Å². The van der Waals surface area contributed by atoms with Crippen molar-refractivity contribution in [2.24, 2.45) is 0 Å². The predicted molar refractivity (Wildman–Crippen MR) is 150 cm³/mol. The van der Waals surface area contributed by atoms with E-state index in [0.717, 1.165) is 30.6 Å². The van der Waals surface area contributed by atoms with Crippen molar-refractivity contribution in [2.45, 2.75) is 24.3 Å². The fourth-order valence-electron chi connectivity index (χ4n) is 6.07. The van der Waals surface area contributed by atoms with Gasteiger partial charge in [0.2, 0.25) is 0 Å². The molecule has 0 atom stereocenters. The summed E-state index contributed by atoms with van der Waals surface area (Å²) >= 11 is 0. The van der Waals surface area contributed by atoms with Gasteiger partial charge in [0.05, 0.1) is 6.04 Å². The predicted octanol–water partition coefficient (Wildman–Crippen LogP) is 8.16. The van der Waals surface area contributed by atoms with Crippen molar-refractivity contribution < 1.29 is 4.39 Å². The van der Waals surface area contributed by atoms with Crippen molar-refractivity contribution in [1.82, 2.24) is 0 Å². The summed E-state index contributed by atoms with van der Waals surface area (Å²) in [6, 6.07) is 48.1. The van der Waals surface area contributed by atoms with Gasteiger partial charge in [-0.2, -0.15) is 0 Å². The summed E-state index contributed by atoms with van der Waals surface area (Å²) in [5, 5.41) is 0. The Morgan fingerprint density at radius 3 is 1.54 bits per heavy atom. The first-order chi connectivity index (χ1) is 18.2. The van der Waals surface area contributed by atoms with Crippen molar-refractivity contribution in [1.29, 1.82) is 0 Å².